The number of allylic oxidation sites excluding steroid dienone is 1. The Kier molecular flexibility index (Phi) is 8.54. The second-order valence-electron chi connectivity index (χ2n) is 10.2. The fraction of sp³-hybridized carbons (Fsp3) is 0.345. The maximum atomic E-state index is 12.7. The smallest absolute Gasteiger partial charge is 0.417 e. The van der Waals surface area contributed by atoms with Gasteiger partial charge in [-0.3, -0.25) is 4.79 Å². The third-order valence-corrected chi connectivity index (χ3v) is 6.21. The molecule has 3 aromatic rings. The molecule has 0 aliphatic heterocycles. The van der Waals surface area contributed by atoms with Crippen molar-refractivity contribution in [1.82, 2.24) is 15.3 Å². The number of ether oxygens (including phenoxy) is 1. The van der Waals surface area contributed by atoms with Crippen LogP contribution in [0.25, 0.3) is 6.08 Å². The summed E-state index contributed by atoms with van der Waals surface area (Å²) in [6.07, 6.45) is 3.17. The molecule has 3 N–H and O–H groups in total. The predicted octanol–water partition coefficient (Wildman–Crippen LogP) is 6.23. The molecule has 1 aliphatic carbocycles. The summed E-state index contributed by atoms with van der Waals surface area (Å²) >= 11 is 0. The molecular formula is C29H31F3N4O3. The van der Waals surface area contributed by atoms with Crippen molar-refractivity contribution in [3.63, 3.8) is 0 Å². The van der Waals surface area contributed by atoms with Gasteiger partial charge in [-0.05, 0) is 75.4 Å². The van der Waals surface area contributed by atoms with E-state index in [1.54, 1.807) is 32.0 Å². The highest BCUT2D eigenvalue weighted by atomic mass is 19.4. The normalized spacial score (nSPS) is 15.9. The van der Waals surface area contributed by atoms with Gasteiger partial charge in [0.15, 0.2) is 0 Å². The van der Waals surface area contributed by atoms with Crippen LogP contribution in [0.1, 0.15) is 61.0 Å². The molecule has 0 atom stereocenters. The van der Waals surface area contributed by atoms with Crippen molar-refractivity contribution in [2.24, 2.45) is 0 Å². The van der Waals surface area contributed by atoms with Crippen LogP contribution in [-0.2, 0) is 6.18 Å². The van der Waals surface area contributed by atoms with E-state index in [1.807, 2.05) is 18.2 Å². The summed E-state index contributed by atoms with van der Waals surface area (Å²) in [5.74, 6) is 0.980. The number of benzene rings is 1. The lowest BCUT2D eigenvalue weighted by Crippen LogP contribution is -2.36. The molecule has 4 rings (SSSR count). The molecule has 39 heavy (non-hydrogen) atoms. The summed E-state index contributed by atoms with van der Waals surface area (Å²) in [5, 5.41) is 15.9. The van der Waals surface area contributed by atoms with Gasteiger partial charge < -0.3 is 20.5 Å². The molecule has 1 fully saturated rings. The van der Waals surface area contributed by atoms with Crippen LogP contribution in [-0.4, -0.2) is 39.2 Å². The zero-order valence-electron chi connectivity index (χ0n) is 21.8. The number of hydrogen-bond donors (Lipinski definition) is 3. The summed E-state index contributed by atoms with van der Waals surface area (Å²) < 4.78 is 43.8. The van der Waals surface area contributed by atoms with Crippen LogP contribution in [0.15, 0.2) is 66.5 Å². The Balaban J connectivity index is 1.28. The van der Waals surface area contributed by atoms with Gasteiger partial charge in [0.25, 0.3) is 5.91 Å². The molecule has 10 heteroatoms. The Morgan fingerprint density at radius 1 is 1.08 bits per heavy atom. The Hall–Kier alpha value is -3.92. The number of nitrogens with one attached hydrogen (secondary N) is 2. The number of carbonyl (C=O) groups is 1. The quantitative estimate of drug-likeness (QED) is 0.314. The number of amides is 1. The number of aliphatic hydroxyl groups is 1. The zero-order valence-corrected chi connectivity index (χ0v) is 21.8. The number of rotatable bonds is 8. The number of halogens is 3. The number of anilines is 1. The summed E-state index contributed by atoms with van der Waals surface area (Å²) in [6.45, 7) is 3.74. The molecule has 1 saturated carbocycles. The highest BCUT2D eigenvalue weighted by Gasteiger charge is 2.30. The first-order chi connectivity index (χ1) is 18.4. The van der Waals surface area contributed by atoms with Crippen molar-refractivity contribution in [3.8, 4) is 11.6 Å². The third-order valence-electron chi connectivity index (χ3n) is 6.21. The monoisotopic (exact) mass is 540 g/mol. The van der Waals surface area contributed by atoms with Gasteiger partial charge in [0.1, 0.15) is 11.6 Å². The van der Waals surface area contributed by atoms with Crippen LogP contribution in [0.4, 0.5) is 19.0 Å². The molecular weight excluding hydrogens is 509 g/mol. The number of nitrogens with zero attached hydrogens (tertiary/aromatic N) is 2. The van der Waals surface area contributed by atoms with Gasteiger partial charge in [0, 0.05) is 31.0 Å². The zero-order chi connectivity index (χ0) is 28.0. The minimum Gasteiger partial charge on any atom is -0.439 e. The van der Waals surface area contributed by atoms with Crippen LogP contribution >= 0.6 is 0 Å². The molecule has 7 nitrogen and oxygen atoms in total. The van der Waals surface area contributed by atoms with Gasteiger partial charge in [-0.25, -0.2) is 9.97 Å². The first kappa shape index (κ1) is 28.1. The summed E-state index contributed by atoms with van der Waals surface area (Å²) in [4.78, 5) is 20.7. The SMILES string of the molecule is CC(C)(O)CNc1ccc(C(=O)NC2CCC(=Cc3cccc(Oc4ccc(C(F)(F)F)cn4)c3)CC2)cn1. The highest BCUT2D eigenvalue weighted by Crippen LogP contribution is 2.31. The van der Waals surface area contributed by atoms with E-state index in [0.717, 1.165) is 43.5 Å². The van der Waals surface area contributed by atoms with E-state index in [0.29, 0.717) is 23.7 Å². The van der Waals surface area contributed by atoms with Crippen LogP contribution in [0.2, 0.25) is 0 Å². The molecule has 2 aromatic heterocycles. The predicted molar refractivity (Wildman–Crippen MR) is 142 cm³/mol. The van der Waals surface area contributed by atoms with Crippen LogP contribution in [0.3, 0.4) is 0 Å². The molecule has 1 aromatic carbocycles. The Morgan fingerprint density at radius 2 is 1.85 bits per heavy atom. The van der Waals surface area contributed by atoms with Crippen molar-refractivity contribution in [2.45, 2.75) is 57.3 Å². The lowest BCUT2D eigenvalue weighted by molar-refractivity contribution is -0.137. The second kappa shape index (κ2) is 11.9. The van der Waals surface area contributed by atoms with E-state index in [2.05, 4.69) is 26.7 Å². The van der Waals surface area contributed by atoms with Crippen molar-refractivity contribution >= 4 is 17.8 Å². The van der Waals surface area contributed by atoms with Gasteiger partial charge in [-0.1, -0.05) is 23.8 Å². The summed E-state index contributed by atoms with van der Waals surface area (Å²) in [7, 11) is 0. The lowest BCUT2D eigenvalue weighted by atomic mass is 9.89. The summed E-state index contributed by atoms with van der Waals surface area (Å²) in [5.41, 5.74) is 0.945. The van der Waals surface area contributed by atoms with E-state index in [4.69, 9.17) is 4.74 Å². The summed E-state index contributed by atoms with van der Waals surface area (Å²) in [6, 6.07) is 12.9. The van der Waals surface area contributed by atoms with E-state index in [-0.39, 0.29) is 17.8 Å². The van der Waals surface area contributed by atoms with Gasteiger partial charge in [0.2, 0.25) is 5.88 Å². The van der Waals surface area contributed by atoms with Crippen molar-refractivity contribution < 1.29 is 27.8 Å². The van der Waals surface area contributed by atoms with Crippen molar-refractivity contribution in [3.05, 3.63) is 83.2 Å². The highest BCUT2D eigenvalue weighted by molar-refractivity contribution is 5.94. The Bertz CT molecular complexity index is 1290. The molecule has 1 aliphatic rings. The maximum absolute atomic E-state index is 12.7. The average Bonchev–Trinajstić information content (AvgIpc) is 2.88. The first-order valence-electron chi connectivity index (χ1n) is 12.7. The van der Waals surface area contributed by atoms with E-state index >= 15 is 0 Å². The molecule has 0 bridgehead atoms. The maximum Gasteiger partial charge on any atom is 0.417 e. The molecule has 2 heterocycles. The lowest BCUT2D eigenvalue weighted by Gasteiger charge is -2.25. The van der Waals surface area contributed by atoms with Gasteiger partial charge in [-0.15, -0.1) is 0 Å². The second-order valence-corrected chi connectivity index (χ2v) is 10.2. The Morgan fingerprint density at radius 3 is 2.46 bits per heavy atom. The van der Waals surface area contributed by atoms with E-state index in [9.17, 15) is 23.1 Å². The molecule has 206 valence electrons. The molecule has 0 saturated heterocycles. The number of hydrogen-bond acceptors (Lipinski definition) is 6. The first-order valence-corrected chi connectivity index (χ1v) is 12.7. The van der Waals surface area contributed by atoms with Crippen molar-refractivity contribution in [2.75, 3.05) is 11.9 Å². The average molecular weight is 541 g/mol. The third kappa shape index (κ3) is 8.54. The topological polar surface area (TPSA) is 96.4 Å². The Labute approximate surface area is 225 Å². The number of pyridine rings is 2. The largest absolute Gasteiger partial charge is 0.439 e. The van der Waals surface area contributed by atoms with E-state index < -0.39 is 17.3 Å². The van der Waals surface area contributed by atoms with Crippen LogP contribution in [0, 0.1) is 0 Å². The number of carbonyl (C=O) groups excluding carboxylic acids is 1. The molecule has 0 spiro atoms. The fourth-order valence-corrected chi connectivity index (χ4v) is 4.12. The number of alkyl halides is 3. The molecule has 0 radical (unpaired) electrons. The van der Waals surface area contributed by atoms with E-state index in [1.165, 1.54) is 17.8 Å². The van der Waals surface area contributed by atoms with Crippen LogP contribution in [0.5, 0.6) is 11.6 Å². The van der Waals surface area contributed by atoms with Gasteiger partial charge >= 0.3 is 6.18 Å². The minimum absolute atomic E-state index is 0.0584. The molecule has 0 unspecified atom stereocenters. The minimum atomic E-state index is -4.45. The van der Waals surface area contributed by atoms with Gasteiger partial charge in [-0.2, -0.15) is 13.2 Å². The molecule has 1 amide bonds. The van der Waals surface area contributed by atoms with Gasteiger partial charge in [0.05, 0.1) is 16.7 Å². The van der Waals surface area contributed by atoms with Crippen molar-refractivity contribution in [1.29, 1.82) is 0 Å². The standard InChI is InChI=1S/C29H31F3N4O3/c1-28(2,38)18-35-25-12-8-21(16-33-25)27(37)36-23-10-6-19(7-11-23)14-20-4-3-5-24(15-20)39-26-13-9-22(17-34-26)29(30,31)32/h3-5,8-9,12-17,23,38H,6-7,10-11,18H2,1-2H3,(H,33,35)(H,36,37). The fourth-order valence-electron chi connectivity index (χ4n) is 4.12. The number of aromatic nitrogens is 2. The van der Waals surface area contributed by atoms with Crippen LogP contribution < -0.4 is 15.4 Å².